The van der Waals surface area contributed by atoms with E-state index in [4.69, 9.17) is 4.74 Å². The van der Waals surface area contributed by atoms with Crippen LogP contribution in [0.4, 0.5) is 5.69 Å². The fourth-order valence-corrected chi connectivity index (χ4v) is 2.29. The third-order valence-electron chi connectivity index (χ3n) is 3.33. The van der Waals surface area contributed by atoms with Gasteiger partial charge in [0.2, 0.25) is 0 Å². The van der Waals surface area contributed by atoms with Crippen LogP contribution in [0.2, 0.25) is 0 Å². The van der Waals surface area contributed by atoms with Gasteiger partial charge in [0, 0.05) is 17.5 Å². The number of benzene rings is 2. The SMILES string of the molecule is CCOc1cccc(CNc2cccc3cn[nH]c23)c1O. The predicted octanol–water partition coefficient (Wildman–Crippen LogP) is 3.28. The summed E-state index contributed by atoms with van der Waals surface area (Å²) in [6, 6.07) is 11.5. The lowest BCUT2D eigenvalue weighted by Crippen LogP contribution is -2.01. The molecule has 21 heavy (non-hydrogen) atoms. The van der Waals surface area contributed by atoms with Gasteiger partial charge in [0.25, 0.3) is 0 Å². The summed E-state index contributed by atoms with van der Waals surface area (Å²) in [5.74, 6) is 0.695. The fourth-order valence-electron chi connectivity index (χ4n) is 2.29. The van der Waals surface area contributed by atoms with Crippen LogP contribution in [0.5, 0.6) is 11.5 Å². The van der Waals surface area contributed by atoms with Crippen molar-refractivity contribution in [2.75, 3.05) is 11.9 Å². The summed E-state index contributed by atoms with van der Waals surface area (Å²) in [4.78, 5) is 0. The van der Waals surface area contributed by atoms with Gasteiger partial charge in [-0.2, -0.15) is 5.10 Å². The maximum absolute atomic E-state index is 10.2. The van der Waals surface area contributed by atoms with Gasteiger partial charge < -0.3 is 15.2 Å². The number of phenolic OH excluding ortho intramolecular Hbond substituents is 1. The highest BCUT2D eigenvalue weighted by Gasteiger charge is 2.08. The van der Waals surface area contributed by atoms with Crippen molar-refractivity contribution in [1.29, 1.82) is 0 Å². The Balaban J connectivity index is 1.82. The molecule has 2 aromatic carbocycles. The average Bonchev–Trinajstić information content (AvgIpc) is 2.97. The quantitative estimate of drug-likeness (QED) is 0.672. The molecule has 0 spiro atoms. The number of anilines is 1. The second kappa shape index (κ2) is 5.75. The number of hydrogen-bond donors (Lipinski definition) is 3. The highest BCUT2D eigenvalue weighted by atomic mass is 16.5. The number of nitrogens with one attached hydrogen (secondary N) is 2. The van der Waals surface area contributed by atoms with Crippen LogP contribution in [0, 0.1) is 0 Å². The number of rotatable bonds is 5. The number of phenols is 1. The molecule has 3 N–H and O–H groups in total. The fraction of sp³-hybridized carbons (Fsp3) is 0.188. The third kappa shape index (κ3) is 2.63. The average molecular weight is 283 g/mol. The summed E-state index contributed by atoms with van der Waals surface area (Å²) in [6.45, 7) is 2.92. The second-order valence-electron chi connectivity index (χ2n) is 4.69. The van der Waals surface area contributed by atoms with Gasteiger partial charge in [-0.05, 0) is 19.1 Å². The van der Waals surface area contributed by atoms with Gasteiger partial charge in [0.05, 0.1) is 24.0 Å². The van der Waals surface area contributed by atoms with E-state index < -0.39 is 0 Å². The monoisotopic (exact) mass is 283 g/mol. The molecule has 108 valence electrons. The number of aromatic hydroxyl groups is 1. The molecule has 5 heteroatoms. The lowest BCUT2D eigenvalue weighted by atomic mass is 10.1. The number of ether oxygens (including phenoxy) is 1. The predicted molar refractivity (Wildman–Crippen MR) is 82.7 cm³/mol. The van der Waals surface area contributed by atoms with Crippen LogP contribution in [-0.4, -0.2) is 21.9 Å². The molecule has 0 aliphatic rings. The van der Waals surface area contributed by atoms with Crippen molar-refractivity contribution >= 4 is 16.6 Å². The number of fused-ring (bicyclic) bond motifs is 1. The van der Waals surface area contributed by atoms with E-state index in [0.717, 1.165) is 22.2 Å². The number of aromatic amines is 1. The molecule has 0 fully saturated rings. The van der Waals surface area contributed by atoms with Crippen molar-refractivity contribution in [1.82, 2.24) is 10.2 Å². The summed E-state index contributed by atoms with van der Waals surface area (Å²) in [7, 11) is 0. The first kappa shape index (κ1) is 13.3. The first-order valence-corrected chi connectivity index (χ1v) is 6.89. The summed E-state index contributed by atoms with van der Waals surface area (Å²) < 4.78 is 5.39. The zero-order valence-corrected chi connectivity index (χ0v) is 11.8. The van der Waals surface area contributed by atoms with E-state index >= 15 is 0 Å². The van der Waals surface area contributed by atoms with E-state index in [1.807, 2.05) is 37.3 Å². The molecule has 0 bridgehead atoms. The molecule has 0 saturated heterocycles. The van der Waals surface area contributed by atoms with Gasteiger partial charge in [-0.15, -0.1) is 0 Å². The topological polar surface area (TPSA) is 70.2 Å². The largest absolute Gasteiger partial charge is 0.504 e. The summed E-state index contributed by atoms with van der Waals surface area (Å²) in [5.41, 5.74) is 2.70. The Labute approximate surface area is 122 Å². The highest BCUT2D eigenvalue weighted by molar-refractivity contribution is 5.89. The molecule has 0 aliphatic heterocycles. The molecule has 3 aromatic rings. The van der Waals surface area contributed by atoms with Crippen LogP contribution in [-0.2, 0) is 6.54 Å². The molecular weight excluding hydrogens is 266 g/mol. The first-order valence-electron chi connectivity index (χ1n) is 6.89. The van der Waals surface area contributed by atoms with Crippen molar-refractivity contribution in [3.8, 4) is 11.5 Å². The van der Waals surface area contributed by atoms with Crippen molar-refractivity contribution in [2.24, 2.45) is 0 Å². The molecule has 1 aromatic heterocycles. The van der Waals surface area contributed by atoms with E-state index in [-0.39, 0.29) is 5.75 Å². The van der Waals surface area contributed by atoms with Gasteiger partial charge in [-0.1, -0.05) is 24.3 Å². The smallest absolute Gasteiger partial charge is 0.162 e. The van der Waals surface area contributed by atoms with Gasteiger partial charge >= 0.3 is 0 Å². The van der Waals surface area contributed by atoms with Crippen LogP contribution in [0.1, 0.15) is 12.5 Å². The van der Waals surface area contributed by atoms with Crippen LogP contribution >= 0.6 is 0 Å². The first-order chi connectivity index (χ1) is 10.3. The maximum atomic E-state index is 10.2. The molecule has 0 saturated carbocycles. The van der Waals surface area contributed by atoms with Gasteiger partial charge in [0.1, 0.15) is 0 Å². The lowest BCUT2D eigenvalue weighted by Gasteiger charge is -2.12. The maximum Gasteiger partial charge on any atom is 0.162 e. The molecule has 0 atom stereocenters. The molecule has 3 rings (SSSR count). The third-order valence-corrected chi connectivity index (χ3v) is 3.33. The normalized spacial score (nSPS) is 10.7. The number of para-hydroxylation sites is 2. The molecule has 0 radical (unpaired) electrons. The van der Waals surface area contributed by atoms with E-state index in [1.54, 1.807) is 12.3 Å². The Bertz CT molecular complexity index is 752. The van der Waals surface area contributed by atoms with Crippen molar-refractivity contribution in [3.05, 3.63) is 48.2 Å². The number of H-pyrrole nitrogens is 1. The molecule has 0 aliphatic carbocycles. The van der Waals surface area contributed by atoms with Crippen molar-refractivity contribution in [3.63, 3.8) is 0 Å². The Morgan fingerprint density at radius 3 is 2.95 bits per heavy atom. The Morgan fingerprint density at radius 2 is 2.10 bits per heavy atom. The highest BCUT2D eigenvalue weighted by Crippen LogP contribution is 2.30. The zero-order valence-electron chi connectivity index (χ0n) is 11.8. The van der Waals surface area contributed by atoms with Crippen LogP contribution < -0.4 is 10.1 Å². The summed E-state index contributed by atoms with van der Waals surface area (Å²) in [6.07, 6.45) is 1.79. The van der Waals surface area contributed by atoms with Crippen molar-refractivity contribution in [2.45, 2.75) is 13.5 Å². The van der Waals surface area contributed by atoms with Crippen LogP contribution in [0.3, 0.4) is 0 Å². The molecule has 1 heterocycles. The van der Waals surface area contributed by atoms with Gasteiger partial charge in [-0.3, -0.25) is 5.10 Å². The molecular formula is C16H17N3O2. The summed E-state index contributed by atoms with van der Waals surface area (Å²) in [5, 5.41) is 21.6. The van der Waals surface area contributed by atoms with Gasteiger partial charge in [0.15, 0.2) is 11.5 Å². The Morgan fingerprint density at radius 1 is 1.24 bits per heavy atom. The minimum Gasteiger partial charge on any atom is -0.504 e. The van der Waals surface area contributed by atoms with E-state index in [0.29, 0.717) is 18.9 Å². The Hall–Kier alpha value is -2.69. The lowest BCUT2D eigenvalue weighted by molar-refractivity contribution is 0.317. The Kier molecular flexibility index (Phi) is 3.64. The van der Waals surface area contributed by atoms with E-state index in [2.05, 4.69) is 15.5 Å². The zero-order chi connectivity index (χ0) is 14.7. The molecule has 5 nitrogen and oxygen atoms in total. The molecule has 0 unspecified atom stereocenters. The minimum absolute atomic E-state index is 0.184. The van der Waals surface area contributed by atoms with E-state index in [1.165, 1.54) is 0 Å². The minimum atomic E-state index is 0.184. The standard InChI is InChI=1S/C16H17N3O2/c1-2-21-14-8-4-6-12(16(14)20)9-17-13-7-3-5-11-10-18-19-15(11)13/h3-8,10,17,20H,2,9H2,1H3,(H,18,19). The van der Waals surface area contributed by atoms with Crippen LogP contribution in [0.15, 0.2) is 42.6 Å². The second-order valence-corrected chi connectivity index (χ2v) is 4.69. The number of nitrogens with zero attached hydrogens (tertiary/aromatic N) is 1. The van der Waals surface area contributed by atoms with Gasteiger partial charge in [-0.25, -0.2) is 0 Å². The summed E-state index contributed by atoms with van der Waals surface area (Å²) >= 11 is 0. The van der Waals surface area contributed by atoms with Crippen LogP contribution in [0.25, 0.3) is 10.9 Å². The number of hydrogen-bond acceptors (Lipinski definition) is 4. The van der Waals surface area contributed by atoms with E-state index in [9.17, 15) is 5.11 Å². The van der Waals surface area contributed by atoms with Crippen molar-refractivity contribution < 1.29 is 9.84 Å². The molecule has 0 amide bonds. The number of aromatic nitrogens is 2.